The van der Waals surface area contributed by atoms with E-state index in [0.717, 1.165) is 12.8 Å². The molecule has 0 fully saturated rings. The highest BCUT2D eigenvalue weighted by Gasteiger charge is 2.19. The van der Waals surface area contributed by atoms with Crippen LogP contribution in [0.25, 0.3) is 0 Å². The fourth-order valence-corrected chi connectivity index (χ4v) is 4.04. The van der Waals surface area contributed by atoms with E-state index in [0.29, 0.717) is 6.42 Å². The molecule has 0 saturated heterocycles. The van der Waals surface area contributed by atoms with Crippen LogP contribution < -0.4 is 0 Å². The highest BCUT2D eigenvalue weighted by Crippen LogP contribution is 2.15. The van der Waals surface area contributed by atoms with Crippen LogP contribution in [0.2, 0.25) is 0 Å². The van der Waals surface area contributed by atoms with Gasteiger partial charge in [-0.2, -0.15) is 0 Å². The summed E-state index contributed by atoms with van der Waals surface area (Å²) < 4.78 is 0. The minimum atomic E-state index is -1.84. The maximum Gasteiger partial charge on any atom is 0.166 e. The van der Waals surface area contributed by atoms with Crippen molar-refractivity contribution < 1.29 is 15.0 Å². The molecule has 2 N–H and O–H groups in total. The molecule has 3 nitrogen and oxygen atoms in total. The topological polar surface area (TPSA) is 57.5 Å². The Balaban J connectivity index is 3.11. The van der Waals surface area contributed by atoms with Gasteiger partial charge >= 0.3 is 0 Å². The summed E-state index contributed by atoms with van der Waals surface area (Å²) >= 11 is 0. The summed E-state index contributed by atoms with van der Waals surface area (Å²) in [6.45, 7) is 3.55. The van der Waals surface area contributed by atoms with Crippen molar-refractivity contribution in [2.24, 2.45) is 0 Å². The van der Waals surface area contributed by atoms with Crippen LogP contribution in [-0.4, -0.2) is 21.8 Å². The summed E-state index contributed by atoms with van der Waals surface area (Å²) in [5.74, 6) is -1.88. The molecule has 0 aliphatic carbocycles. The molecule has 0 rings (SSSR count). The maximum atomic E-state index is 11.5. The van der Waals surface area contributed by atoms with E-state index < -0.39 is 5.79 Å². The van der Waals surface area contributed by atoms with Gasteiger partial charge < -0.3 is 10.2 Å². The van der Waals surface area contributed by atoms with Crippen molar-refractivity contribution >= 4 is 5.78 Å². The summed E-state index contributed by atoms with van der Waals surface area (Å²) in [6, 6.07) is 0. The Hall–Kier alpha value is -0.410. The van der Waals surface area contributed by atoms with Crippen LogP contribution in [0.3, 0.4) is 0 Å². The summed E-state index contributed by atoms with van der Waals surface area (Å²) in [6.07, 6.45) is 27.3. The van der Waals surface area contributed by atoms with E-state index in [1.807, 2.05) is 0 Å². The Morgan fingerprint density at radius 3 is 1.10 bits per heavy atom. The van der Waals surface area contributed by atoms with E-state index in [9.17, 15) is 15.0 Å². The Bertz CT molecular complexity index is 346. The van der Waals surface area contributed by atoms with Crippen molar-refractivity contribution in [3.63, 3.8) is 0 Å². The molecule has 29 heavy (non-hydrogen) atoms. The van der Waals surface area contributed by atoms with E-state index in [2.05, 4.69) is 6.92 Å². The molecule has 3 heteroatoms. The fraction of sp³-hybridized carbons (Fsp3) is 0.962. The van der Waals surface area contributed by atoms with E-state index in [4.69, 9.17) is 0 Å². The van der Waals surface area contributed by atoms with Gasteiger partial charge in [0.15, 0.2) is 5.79 Å². The summed E-state index contributed by atoms with van der Waals surface area (Å²) in [5, 5.41) is 18.4. The van der Waals surface area contributed by atoms with Crippen LogP contribution in [0.15, 0.2) is 0 Å². The number of ketones is 1. The molecule has 0 aromatic rings. The second-order valence-electron chi connectivity index (χ2n) is 9.40. The Labute approximate surface area is 182 Å². The lowest BCUT2D eigenvalue weighted by molar-refractivity contribution is -0.160. The van der Waals surface area contributed by atoms with Gasteiger partial charge in [-0.3, -0.25) is 4.79 Å². The van der Waals surface area contributed by atoms with E-state index >= 15 is 0 Å². The average molecular weight is 413 g/mol. The number of rotatable bonds is 23. The molecule has 174 valence electrons. The first-order chi connectivity index (χ1) is 14.0. The molecule has 0 heterocycles. The van der Waals surface area contributed by atoms with E-state index in [1.54, 1.807) is 0 Å². The zero-order valence-corrected chi connectivity index (χ0v) is 19.9. The molecule has 0 aliphatic rings. The molecule has 0 amide bonds. The molecule has 0 aliphatic heterocycles. The van der Waals surface area contributed by atoms with Crippen LogP contribution in [0.4, 0.5) is 0 Å². The normalized spacial score (nSPS) is 11.9. The quantitative estimate of drug-likeness (QED) is 0.133. The number of Topliss-reactive ketones (excluding diaryl/α,β-unsaturated/α-hetero) is 1. The molecule has 0 aromatic carbocycles. The number of carbonyl (C=O) groups is 1. The van der Waals surface area contributed by atoms with Gasteiger partial charge in [-0.25, -0.2) is 0 Å². The first-order valence-electron chi connectivity index (χ1n) is 12.9. The van der Waals surface area contributed by atoms with E-state index in [1.165, 1.54) is 122 Å². The number of aliphatic hydroxyl groups is 2. The van der Waals surface area contributed by atoms with Gasteiger partial charge in [-0.15, -0.1) is 0 Å². The van der Waals surface area contributed by atoms with Crippen LogP contribution in [-0.2, 0) is 4.79 Å². The summed E-state index contributed by atoms with van der Waals surface area (Å²) in [7, 11) is 0. The van der Waals surface area contributed by atoms with Gasteiger partial charge in [0.05, 0.1) is 6.42 Å². The molecular weight excluding hydrogens is 360 g/mol. The van der Waals surface area contributed by atoms with Crippen LogP contribution >= 0.6 is 0 Å². The van der Waals surface area contributed by atoms with Crippen LogP contribution in [0, 0.1) is 0 Å². The summed E-state index contributed by atoms with van der Waals surface area (Å²) in [4.78, 5) is 11.5. The predicted octanol–water partition coefficient (Wildman–Crippen LogP) is 7.86. The van der Waals surface area contributed by atoms with Gasteiger partial charge in [0.1, 0.15) is 5.78 Å². The first kappa shape index (κ1) is 28.6. The molecule has 0 atom stereocenters. The molecule has 0 bridgehead atoms. The van der Waals surface area contributed by atoms with Gasteiger partial charge in [0, 0.05) is 6.42 Å². The molecule has 0 spiro atoms. The summed E-state index contributed by atoms with van der Waals surface area (Å²) in [5.41, 5.74) is 0. The molecule has 0 unspecified atom stereocenters. The predicted molar refractivity (Wildman–Crippen MR) is 125 cm³/mol. The van der Waals surface area contributed by atoms with Crippen molar-refractivity contribution in [2.75, 3.05) is 0 Å². The van der Waals surface area contributed by atoms with Crippen molar-refractivity contribution in [1.82, 2.24) is 0 Å². The molecule has 0 aromatic heterocycles. The first-order valence-corrected chi connectivity index (χ1v) is 12.9. The van der Waals surface area contributed by atoms with Crippen molar-refractivity contribution in [3.05, 3.63) is 0 Å². The van der Waals surface area contributed by atoms with Crippen molar-refractivity contribution in [1.29, 1.82) is 0 Å². The molecule has 0 radical (unpaired) electrons. The maximum absolute atomic E-state index is 11.5. The van der Waals surface area contributed by atoms with E-state index in [-0.39, 0.29) is 12.2 Å². The fourth-order valence-electron chi connectivity index (χ4n) is 4.04. The third kappa shape index (κ3) is 25.6. The number of hydrogen-bond donors (Lipinski definition) is 2. The second kappa shape index (κ2) is 20.8. The van der Waals surface area contributed by atoms with Crippen LogP contribution in [0.1, 0.15) is 155 Å². The third-order valence-corrected chi connectivity index (χ3v) is 5.84. The SMILES string of the molecule is CCCCCCCCCCCCCCCCCCCCCCC(=O)CC(C)(O)O. The zero-order chi connectivity index (χ0) is 21.6. The molecule has 0 saturated carbocycles. The lowest BCUT2D eigenvalue weighted by Crippen LogP contribution is -2.26. The largest absolute Gasteiger partial charge is 0.365 e. The average Bonchev–Trinajstić information content (AvgIpc) is 2.65. The number of carbonyl (C=O) groups excluding carboxylic acids is 1. The molecular formula is C26H52O3. The minimum absolute atomic E-state index is 0.0418. The van der Waals surface area contributed by atoms with Crippen LogP contribution in [0.5, 0.6) is 0 Å². The van der Waals surface area contributed by atoms with Crippen molar-refractivity contribution in [3.8, 4) is 0 Å². The van der Waals surface area contributed by atoms with Gasteiger partial charge in [0.25, 0.3) is 0 Å². The van der Waals surface area contributed by atoms with Gasteiger partial charge in [-0.05, 0) is 13.3 Å². The Morgan fingerprint density at radius 1 is 0.552 bits per heavy atom. The lowest BCUT2D eigenvalue weighted by Gasteiger charge is -2.14. The highest BCUT2D eigenvalue weighted by molar-refractivity contribution is 5.79. The van der Waals surface area contributed by atoms with Crippen molar-refractivity contribution in [2.45, 2.75) is 161 Å². The Kier molecular flexibility index (Phi) is 20.6. The number of hydrogen-bond acceptors (Lipinski definition) is 3. The lowest BCUT2D eigenvalue weighted by atomic mass is 10.0. The van der Waals surface area contributed by atoms with Gasteiger partial charge in [0.2, 0.25) is 0 Å². The van der Waals surface area contributed by atoms with Gasteiger partial charge in [-0.1, -0.05) is 129 Å². The standard InChI is InChI=1S/C26H52O3/c1-3-4-5-6-7-8-9-10-11-12-13-14-15-16-17-18-19-20-21-22-23-25(27)24-26(2,28)29/h28-29H,3-24H2,1-2H3. The monoisotopic (exact) mass is 412 g/mol. The third-order valence-electron chi connectivity index (χ3n) is 5.84. The highest BCUT2D eigenvalue weighted by atomic mass is 16.5. The number of unbranched alkanes of at least 4 members (excludes halogenated alkanes) is 19. The Morgan fingerprint density at radius 2 is 0.828 bits per heavy atom. The zero-order valence-electron chi connectivity index (χ0n) is 19.9. The second-order valence-corrected chi connectivity index (χ2v) is 9.40. The minimum Gasteiger partial charge on any atom is -0.365 e. The smallest absolute Gasteiger partial charge is 0.166 e.